The van der Waals surface area contributed by atoms with Crippen molar-refractivity contribution in [2.75, 3.05) is 17.7 Å². The summed E-state index contributed by atoms with van der Waals surface area (Å²) in [4.78, 5) is 4.55. The molecule has 2 aromatic carbocycles. The summed E-state index contributed by atoms with van der Waals surface area (Å²) in [5.74, 6) is 0. The van der Waals surface area contributed by atoms with E-state index in [1.54, 1.807) is 0 Å². The Balaban J connectivity index is 1.95. The van der Waals surface area contributed by atoms with Crippen LogP contribution >= 0.6 is 11.3 Å². The molecule has 0 aliphatic heterocycles. The number of aliphatic hydroxyl groups excluding tert-OH is 1. The molecule has 0 bridgehead atoms. The van der Waals surface area contributed by atoms with Crippen LogP contribution in [0.25, 0.3) is 10.2 Å². The number of aliphatic hydroxyl groups is 1. The van der Waals surface area contributed by atoms with Gasteiger partial charge in [0.15, 0.2) is 5.13 Å². The second-order valence-electron chi connectivity index (χ2n) is 5.23. The van der Waals surface area contributed by atoms with Gasteiger partial charge in [-0.2, -0.15) is 0 Å². The fraction of sp³-hybridized carbons (Fsp3) is 0.188. The SMILES string of the molecule is CC(CO)(Nc1nc2ccc(N)cc2s1)c1ccccc1. The van der Waals surface area contributed by atoms with Gasteiger partial charge in [0.2, 0.25) is 0 Å². The van der Waals surface area contributed by atoms with Crippen molar-refractivity contribution < 1.29 is 5.11 Å². The lowest BCUT2D eigenvalue weighted by Gasteiger charge is -2.29. The first-order valence-electron chi connectivity index (χ1n) is 6.71. The van der Waals surface area contributed by atoms with E-state index in [1.165, 1.54) is 11.3 Å². The molecule has 0 fully saturated rings. The van der Waals surface area contributed by atoms with Crippen molar-refractivity contribution in [2.45, 2.75) is 12.5 Å². The van der Waals surface area contributed by atoms with Crippen LogP contribution in [0.3, 0.4) is 0 Å². The maximum atomic E-state index is 9.81. The minimum Gasteiger partial charge on any atom is -0.399 e. The van der Waals surface area contributed by atoms with Gasteiger partial charge in [0.1, 0.15) is 0 Å². The first-order valence-corrected chi connectivity index (χ1v) is 7.53. The third kappa shape index (κ3) is 2.70. The van der Waals surface area contributed by atoms with E-state index >= 15 is 0 Å². The normalized spacial score (nSPS) is 14.0. The van der Waals surface area contributed by atoms with Crippen molar-refractivity contribution in [3.8, 4) is 0 Å². The van der Waals surface area contributed by atoms with E-state index in [0.29, 0.717) is 0 Å². The van der Waals surface area contributed by atoms with Crippen LogP contribution in [-0.4, -0.2) is 16.7 Å². The molecule has 3 rings (SSSR count). The third-order valence-corrected chi connectivity index (χ3v) is 4.46. The zero-order valence-electron chi connectivity index (χ0n) is 11.7. The molecule has 1 unspecified atom stereocenters. The zero-order valence-corrected chi connectivity index (χ0v) is 12.5. The van der Waals surface area contributed by atoms with Gasteiger partial charge < -0.3 is 16.2 Å². The van der Waals surface area contributed by atoms with Gasteiger partial charge in [-0.15, -0.1) is 0 Å². The van der Waals surface area contributed by atoms with Crippen molar-refractivity contribution in [3.63, 3.8) is 0 Å². The average molecular weight is 299 g/mol. The maximum absolute atomic E-state index is 9.81. The Morgan fingerprint density at radius 2 is 2.00 bits per heavy atom. The largest absolute Gasteiger partial charge is 0.399 e. The average Bonchev–Trinajstić information content (AvgIpc) is 2.89. The third-order valence-electron chi connectivity index (χ3n) is 3.52. The number of aromatic nitrogens is 1. The number of thiazole rings is 1. The molecule has 5 heteroatoms. The number of nitrogen functional groups attached to an aromatic ring is 1. The molecule has 1 heterocycles. The number of hydrogen-bond acceptors (Lipinski definition) is 5. The fourth-order valence-corrected chi connectivity index (χ4v) is 3.28. The minimum absolute atomic E-state index is 0.0188. The van der Waals surface area contributed by atoms with Gasteiger partial charge in [-0.3, -0.25) is 0 Å². The van der Waals surface area contributed by atoms with Gasteiger partial charge in [-0.1, -0.05) is 41.7 Å². The van der Waals surface area contributed by atoms with Gasteiger partial charge in [-0.05, 0) is 30.7 Å². The van der Waals surface area contributed by atoms with Crippen LogP contribution in [0.4, 0.5) is 10.8 Å². The Bertz CT molecular complexity index is 757. The first-order chi connectivity index (χ1) is 10.1. The summed E-state index contributed by atoms with van der Waals surface area (Å²) in [6.07, 6.45) is 0. The molecule has 0 saturated heterocycles. The second kappa shape index (κ2) is 5.35. The summed E-state index contributed by atoms with van der Waals surface area (Å²) >= 11 is 1.54. The number of fused-ring (bicyclic) bond motifs is 1. The number of nitrogens with zero attached hydrogens (tertiary/aromatic N) is 1. The van der Waals surface area contributed by atoms with Crippen LogP contribution in [0, 0.1) is 0 Å². The molecule has 0 saturated carbocycles. The summed E-state index contributed by atoms with van der Waals surface area (Å²) in [6, 6.07) is 15.5. The van der Waals surface area contributed by atoms with E-state index < -0.39 is 5.54 Å². The molecule has 0 spiro atoms. The van der Waals surface area contributed by atoms with Crippen LogP contribution in [0.2, 0.25) is 0 Å². The van der Waals surface area contributed by atoms with Crippen LogP contribution in [-0.2, 0) is 5.54 Å². The van der Waals surface area contributed by atoms with Crippen molar-refractivity contribution in [2.24, 2.45) is 0 Å². The van der Waals surface area contributed by atoms with Crippen molar-refractivity contribution in [3.05, 3.63) is 54.1 Å². The molecule has 0 amide bonds. The van der Waals surface area contributed by atoms with Crippen molar-refractivity contribution >= 4 is 32.4 Å². The van der Waals surface area contributed by atoms with E-state index in [0.717, 1.165) is 26.6 Å². The van der Waals surface area contributed by atoms with E-state index in [2.05, 4.69) is 10.3 Å². The van der Waals surface area contributed by atoms with E-state index in [1.807, 2.05) is 55.5 Å². The number of rotatable bonds is 4. The smallest absolute Gasteiger partial charge is 0.184 e. The van der Waals surface area contributed by atoms with Crippen LogP contribution in [0.15, 0.2) is 48.5 Å². The highest BCUT2D eigenvalue weighted by atomic mass is 32.1. The van der Waals surface area contributed by atoms with E-state index in [9.17, 15) is 5.11 Å². The molecule has 0 aliphatic carbocycles. The number of anilines is 2. The van der Waals surface area contributed by atoms with Gasteiger partial charge in [-0.25, -0.2) is 4.98 Å². The summed E-state index contributed by atoms with van der Waals surface area (Å²) in [6.45, 7) is 1.94. The summed E-state index contributed by atoms with van der Waals surface area (Å²) in [5, 5.41) is 13.9. The first kappa shape index (κ1) is 13.9. The molecule has 0 aliphatic rings. The Morgan fingerprint density at radius 1 is 1.24 bits per heavy atom. The summed E-state index contributed by atoms with van der Waals surface area (Å²) in [7, 11) is 0. The lowest BCUT2D eigenvalue weighted by atomic mass is 9.93. The molecule has 3 aromatic rings. The molecule has 21 heavy (non-hydrogen) atoms. The summed E-state index contributed by atoms with van der Waals surface area (Å²) < 4.78 is 1.03. The Labute approximate surface area is 127 Å². The van der Waals surface area contributed by atoms with Crippen molar-refractivity contribution in [1.82, 2.24) is 4.98 Å². The molecule has 4 N–H and O–H groups in total. The zero-order chi connectivity index (χ0) is 14.9. The quantitative estimate of drug-likeness (QED) is 0.647. The number of nitrogens with two attached hydrogens (primary N) is 1. The topological polar surface area (TPSA) is 71.2 Å². The van der Waals surface area contributed by atoms with Crippen molar-refractivity contribution in [1.29, 1.82) is 0 Å². The molecule has 1 atom stereocenters. The Hall–Kier alpha value is -2.11. The fourth-order valence-electron chi connectivity index (χ4n) is 2.24. The lowest BCUT2D eigenvalue weighted by Crippen LogP contribution is -2.35. The Morgan fingerprint density at radius 3 is 2.71 bits per heavy atom. The van der Waals surface area contributed by atoms with Gasteiger partial charge in [0, 0.05) is 5.69 Å². The molecule has 1 aromatic heterocycles. The van der Waals surface area contributed by atoms with Gasteiger partial charge in [0.05, 0.1) is 22.4 Å². The number of hydrogen-bond donors (Lipinski definition) is 3. The molecular weight excluding hydrogens is 282 g/mol. The second-order valence-corrected chi connectivity index (χ2v) is 6.26. The molecule has 0 radical (unpaired) electrons. The standard InChI is InChI=1S/C16H17N3OS/c1-16(10-20,11-5-3-2-4-6-11)19-15-18-13-8-7-12(17)9-14(13)21-15/h2-9,20H,10,17H2,1H3,(H,18,19). The Kier molecular flexibility index (Phi) is 3.53. The van der Waals surface area contributed by atoms with Crippen LogP contribution in [0.5, 0.6) is 0 Å². The van der Waals surface area contributed by atoms with Crippen LogP contribution < -0.4 is 11.1 Å². The van der Waals surface area contributed by atoms with Gasteiger partial charge >= 0.3 is 0 Å². The minimum atomic E-state index is -0.569. The van der Waals surface area contributed by atoms with Crippen LogP contribution in [0.1, 0.15) is 12.5 Å². The number of nitrogens with one attached hydrogen (secondary N) is 1. The number of benzene rings is 2. The molecule has 108 valence electrons. The highest BCUT2D eigenvalue weighted by Crippen LogP contribution is 2.32. The predicted molar refractivity (Wildman–Crippen MR) is 88.5 cm³/mol. The maximum Gasteiger partial charge on any atom is 0.184 e. The van der Waals surface area contributed by atoms with Gasteiger partial charge in [0.25, 0.3) is 0 Å². The molecular formula is C16H17N3OS. The highest BCUT2D eigenvalue weighted by molar-refractivity contribution is 7.22. The monoisotopic (exact) mass is 299 g/mol. The predicted octanol–water partition coefficient (Wildman–Crippen LogP) is 3.20. The van der Waals surface area contributed by atoms with E-state index in [4.69, 9.17) is 5.73 Å². The molecule has 4 nitrogen and oxygen atoms in total. The lowest BCUT2D eigenvalue weighted by molar-refractivity contribution is 0.224. The highest BCUT2D eigenvalue weighted by Gasteiger charge is 2.26. The van der Waals surface area contributed by atoms with E-state index in [-0.39, 0.29) is 6.61 Å². The summed E-state index contributed by atoms with van der Waals surface area (Å²) in [5.41, 5.74) is 7.88.